The van der Waals surface area contributed by atoms with Crippen molar-refractivity contribution in [3.05, 3.63) is 48.0 Å². The Bertz CT molecular complexity index is 682. The third kappa shape index (κ3) is 3.98. The number of dihydropyridines is 1. The molecule has 0 spiro atoms. The van der Waals surface area contributed by atoms with Gasteiger partial charge in [0.25, 0.3) is 0 Å². The van der Waals surface area contributed by atoms with Crippen LogP contribution in [0.15, 0.2) is 41.9 Å². The molecule has 0 amide bonds. The van der Waals surface area contributed by atoms with Crippen molar-refractivity contribution in [2.45, 2.75) is 31.7 Å². The van der Waals surface area contributed by atoms with Crippen LogP contribution in [0.25, 0.3) is 0 Å². The van der Waals surface area contributed by atoms with Crippen molar-refractivity contribution in [3.63, 3.8) is 0 Å². The van der Waals surface area contributed by atoms with Crippen LogP contribution in [0.1, 0.15) is 25.7 Å². The number of methoxy groups -OCH3 is 1. The second-order valence-electron chi connectivity index (χ2n) is 7.20. The van der Waals surface area contributed by atoms with Crippen LogP contribution >= 0.6 is 0 Å². The van der Waals surface area contributed by atoms with Gasteiger partial charge >= 0.3 is 0 Å². The van der Waals surface area contributed by atoms with Crippen molar-refractivity contribution in [1.82, 2.24) is 15.1 Å². The maximum Gasteiger partial charge on any atom is 0.130 e. The van der Waals surface area contributed by atoms with Crippen LogP contribution in [0.5, 0.6) is 11.5 Å². The Kier molecular flexibility index (Phi) is 5.34. The first-order valence-corrected chi connectivity index (χ1v) is 9.69. The molecule has 0 unspecified atom stereocenters. The van der Waals surface area contributed by atoms with Gasteiger partial charge in [0.15, 0.2) is 0 Å². The monoisotopic (exact) mass is 354 g/mol. The molecule has 0 atom stereocenters. The molecule has 1 aromatic carbocycles. The Morgan fingerprint density at radius 1 is 1.08 bits per heavy atom. The van der Waals surface area contributed by atoms with E-state index in [1.807, 2.05) is 30.3 Å². The number of hydrogen-bond acceptors (Lipinski definition) is 5. The molecular weight excluding hydrogens is 326 g/mol. The number of nitrogens with zero attached hydrogens (tertiary/aromatic N) is 2. The van der Waals surface area contributed by atoms with Crippen molar-refractivity contribution < 1.29 is 9.47 Å². The van der Waals surface area contributed by atoms with Crippen LogP contribution in [0.4, 0.5) is 0 Å². The van der Waals surface area contributed by atoms with E-state index in [4.69, 9.17) is 9.47 Å². The molecule has 1 aromatic rings. The first-order chi connectivity index (χ1) is 12.8. The summed E-state index contributed by atoms with van der Waals surface area (Å²) in [6, 6.07) is 8.52. The quantitative estimate of drug-likeness (QED) is 0.880. The van der Waals surface area contributed by atoms with Crippen LogP contribution in [0.2, 0.25) is 0 Å². The second-order valence-corrected chi connectivity index (χ2v) is 7.20. The molecule has 4 rings (SSSR count). The van der Waals surface area contributed by atoms with Crippen molar-refractivity contribution in [3.8, 4) is 11.5 Å². The number of benzene rings is 1. The highest BCUT2D eigenvalue weighted by atomic mass is 16.5. The second kappa shape index (κ2) is 8.04. The molecule has 0 aromatic heterocycles. The van der Waals surface area contributed by atoms with Crippen molar-refractivity contribution in [2.24, 2.45) is 0 Å². The zero-order valence-electron chi connectivity index (χ0n) is 15.5. The minimum absolute atomic E-state index is 0.683. The molecule has 3 aliphatic rings. The van der Waals surface area contributed by atoms with Crippen LogP contribution in [-0.4, -0.2) is 55.7 Å². The summed E-state index contributed by atoms with van der Waals surface area (Å²) in [5.74, 6) is 3.55. The fraction of sp³-hybridized carbons (Fsp3) is 0.524. The fourth-order valence-corrected chi connectivity index (χ4v) is 3.78. The van der Waals surface area contributed by atoms with E-state index in [2.05, 4.69) is 21.2 Å². The highest BCUT2D eigenvalue weighted by Gasteiger charge is 2.27. The van der Waals surface area contributed by atoms with Crippen LogP contribution in [-0.2, 0) is 0 Å². The lowest BCUT2D eigenvalue weighted by molar-refractivity contribution is 0.132. The summed E-state index contributed by atoms with van der Waals surface area (Å²) in [5, 5.41) is 3.48. The van der Waals surface area contributed by atoms with E-state index in [0.717, 1.165) is 48.8 Å². The molecule has 1 radical (unpaired) electrons. The van der Waals surface area contributed by atoms with Crippen LogP contribution in [0.3, 0.4) is 0 Å². The molecule has 1 saturated carbocycles. The smallest absolute Gasteiger partial charge is 0.130 e. The van der Waals surface area contributed by atoms with Gasteiger partial charge in [-0.1, -0.05) is 12.5 Å². The van der Waals surface area contributed by atoms with E-state index in [0.29, 0.717) is 6.54 Å². The van der Waals surface area contributed by atoms with Gasteiger partial charge in [-0.25, -0.2) is 0 Å². The molecule has 5 nitrogen and oxygen atoms in total. The lowest BCUT2D eigenvalue weighted by Gasteiger charge is -2.37. The van der Waals surface area contributed by atoms with Gasteiger partial charge in [-0.05, 0) is 37.5 Å². The number of hydrogen-bond donors (Lipinski definition) is 1. The zero-order chi connectivity index (χ0) is 17.8. The van der Waals surface area contributed by atoms with Gasteiger partial charge in [0.2, 0.25) is 0 Å². The Balaban J connectivity index is 1.35. The van der Waals surface area contributed by atoms with E-state index < -0.39 is 0 Å². The first-order valence-electron chi connectivity index (χ1n) is 9.69. The van der Waals surface area contributed by atoms with E-state index in [1.54, 1.807) is 7.11 Å². The third-order valence-corrected chi connectivity index (χ3v) is 5.53. The number of ether oxygens (including phenoxy) is 2. The molecule has 2 aliphatic heterocycles. The maximum atomic E-state index is 5.94. The Morgan fingerprint density at radius 3 is 2.69 bits per heavy atom. The summed E-state index contributed by atoms with van der Waals surface area (Å²) in [4.78, 5) is 5.11. The summed E-state index contributed by atoms with van der Waals surface area (Å²) >= 11 is 0. The summed E-state index contributed by atoms with van der Waals surface area (Å²) < 4.78 is 11.2. The lowest BCUT2D eigenvalue weighted by Crippen LogP contribution is -2.43. The normalized spacial score (nSPS) is 21.8. The Hall–Kier alpha value is -2.14. The first kappa shape index (κ1) is 17.3. The largest absolute Gasteiger partial charge is 0.497 e. The van der Waals surface area contributed by atoms with Crippen LogP contribution in [0, 0.1) is 6.08 Å². The fourth-order valence-electron chi connectivity index (χ4n) is 3.78. The van der Waals surface area contributed by atoms with Gasteiger partial charge in [-0.15, -0.1) is 0 Å². The van der Waals surface area contributed by atoms with Gasteiger partial charge in [-0.2, -0.15) is 0 Å². The minimum Gasteiger partial charge on any atom is -0.497 e. The molecule has 139 valence electrons. The highest BCUT2D eigenvalue weighted by molar-refractivity contribution is 5.34. The van der Waals surface area contributed by atoms with E-state index >= 15 is 0 Å². The molecule has 0 bridgehead atoms. The summed E-state index contributed by atoms with van der Waals surface area (Å²) in [7, 11) is 1.66. The van der Waals surface area contributed by atoms with Crippen molar-refractivity contribution in [2.75, 3.05) is 39.8 Å². The van der Waals surface area contributed by atoms with Gasteiger partial charge in [0.1, 0.15) is 23.1 Å². The third-order valence-electron chi connectivity index (χ3n) is 5.53. The lowest BCUT2D eigenvalue weighted by atomic mass is 9.91. The van der Waals surface area contributed by atoms with Gasteiger partial charge in [0, 0.05) is 44.4 Å². The molecule has 2 fully saturated rings. The maximum absolute atomic E-state index is 5.94. The molecule has 5 heteroatoms. The molecule has 1 aliphatic carbocycles. The van der Waals surface area contributed by atoms with Crippen molar-refractivity contribution in [1.29, 1.82) is 0 Å². The van der Waals surface area contributed by atoms with Gasteiger partial charge in [-0.3, -0.25) is 4.90 Å². The predicted octanol–water partition coefficient (Wildman–Crippen LogP) is 2.77. The van der Waals surface area contributed by atoms with E-state index in [-0.39, 0.29) is 0 Å². The number of rotatable bonds is 5. The topological polar surface area (TPSA) is 37.0 Å². The Labute approximate surface area is 156 Å². The molecule has 1 saturated heterocycles. The molecular formula is C21H28N3O2. The summed E-state index contributed by atoms with van der Waals surface area (Å²) in [6.45, 7) is 5.25. The predicted molar refractivity (Wildman–Crippen MR) is 102 cm³/mol. The molecule has 2 heterocycles. The van der Waals surface area contributed by atoms with Crippen molar-refractivity contribution >= 4 is 0 Å². The van der Waals surface area contributed by atoms with E-state index in [9.17, 15) is 0 Å². The number of allylic oxidation sites excluding steroid dienone is 2. The number of nitrogens with one attached hydrogen (secondary N) is 1. The SMILES string of the molecule is COc1cccc(OC2=C[C]=C(N3CCCN(C4CCC4)CC3)NC2)c1. The zero-order valence-corrected chi connectivity index (χ0v) is 15.5. The minimum atomic E-state index is 0.683. The van der Waals surface area contributed by atoms with E-state index in [1.165, 1.54) is 32.2 Å². The summed E-state index contributed by atoms with van der Waals surface area (Å²) in [6.07, 6.45) is 10.8. The highest BCUT2D eigenvalue weighted by Crippen LogP contribution is 2.26. The Morgan fingerprint density at radius 2 is 1.96 bits per heavy atom. The summed E-state index contributed by atoms with van der Waals surface area (Å²) in [5.41, 5.74) is 0. The standard InChI is InChI=1S/C21H28N3O2/c1-25-18-7-3-8-19(15-18)26-20-9-10-21(22-16-20)24-12-4-11-23(13-14-24)17-5-2-6-17/h3,7-9,15,17,22H,2,4-6,11-14,16H2,1H3. The molecule has 1 N–H and O–H groups in total. The van der Waals surface area contributed by atoms with Crippen LogP contribution < -0.4 is 14.8 Å². The average molecular weight is 354 g/mol. The average Bonchev–Trinajstić information content (AvgIpc) is 2.87. The van der Waals surface area contributed by atoms with Gasteiger partial charge in [0.05, 0.1) is 13.7 Å². The molecule has 26 heavy (non-hydrogen) atoms. The van der Waals surface area contributed by atoms with Gasteiger partial charge < -0.3 is 19.7 Å².